The predicted molar refractivity (Wildman–Crippen MR) is 77.9 cm³/mol. The number of rotatable bonds is 3. The second kappa shape index (κ2) is 6.91. The summed E-state index contributed by atoms with van der Waals surface area (Å²) >= 11 is 0. The molecule has 1 saturated heterocycles. The third-order valence-electron chi connectivity index (χ3n) is 4.14. The van der Waals surface area contributed by atoms with Gasteiger partial charge in [0.1, 0.15) is 6.10 Å². The minimum absolute atomic E-state index is 0.192. The standard InChI is InChI=1S/C17H19NO4/c18-11-14-4-1-2-7-15(14)22-16(19)12-5-3-6-13(10-12)17-20-8-9-21-17/h3,5-6,10,14-15,17H,1-2,4,7-9H2/t14-,15-/m1/s1. The van der Waals surface area contributed by atoms with Crippen molar-refractivity contribution < 1.29 is 19.0 Å². The van der Waals surface area contributed by atoms with Crippen molar-refractivity contribution in [1.29, 1.82) is 5.26 Å². The van der Waals surface area contributed by atoms with Gasteiger partial charge in [-0.05, 0) is 31.4 Å². The van der Waals surface area contributed by atoms with Crippen molar-refractivity contribution in [1.82, 2.24) is 0 Å². The molecular formula is C17H19NO4. The Morgan fingerprint density at radius 3 is 2.77 bits per heavy atom. The number of carbonyl (C=O) groups is 1. The number of benzene rings is 1. The van der Waals surface area contributed by atoms with E-state index in [1.807, 2.05) is 6.07 Å². The maximum Gasteiger partial charge on any atom is 0.338 e. The van der Waals surface area contributed by atoms with Gasteiger partial charge in [-0.3, -0.25) is 0 Å². The van der Waals surface area contributed by atoms with Crippen molar-refractivity contribution in [2.45, 2.75) is 38.1 Å². The van der Waals surface area contributed by atoms with E-state index in [4.69, 9.17) is 19.5 Å². The van der Waals surface area contributed by atoms with Crippen molar-refractivity contribution in [3.63, 3.8) is 0 Å². The first-order valence-electron chi connectivity index (χ1n) is 7.71. The molecule has 116 valence electrons. The Morgan fingerprint density at radius 1 is 1.23 bits per heavy atom. The molecule has 1 aliphatic carbocycles. The number of ether oxygens (including phenoxy) is 3. The summed E-state index contributed by atoms with van der Waals surface area (Å²) in [6.45, 7) is 1.12. The number of nitrogens with zero attached hydrogens (tertiary/aromatic N) is 1. The minimum atomic E-state index is -0.408. The van der Waals surface area contributed by atoms with Crippen molar-refractivity contribution >= 4 is 5.97 Å². The fourth-order valence-electron chi connectivity index (χ4n) is 2.95. The molecule has 22 heavy (non-hydrogen) atoms. The van der Waals surface area contributed by atoms with Crippen LogP contribution >= 0.6 is 0 Å². The fourth-order valence-corrected chi connectivity index (χ4v) is 2.95. The molecule has 0 aromatic heterocycles. The molecular weight excluding hydrogens is 282 g/mol. The highest BCUT2D eigenvalue weighted by atomic mass is 16.7. The first kappa shape index (κ1) is 15.0. The van der Waals surface area contributed by atoms with Crippen LogP contribution in [0.4, 0.5) is 0 Å². The first-order chi connectivity index (χ1) is 10.8. The lowest BCUT2D eigenvalue weighted by atomic mass is 9.87. The van der Waals surface area contributed by atoms with Crippen LogP contribution in [0.15, 0.2) is 24.3 Å². The van der Waals surface area contributed by atoms with Crippen LogP contribution < -0.4 is 0 Å². The van der Waals surface area contributed by atoms with Crippen LogP contribution in [0.5, 0.6) is 0 Å². The van der Waals surface area contributed by atoms with Gasteiger partial charge in [0.2, 0.25) is 0 Å². The van der Waals surface area contributed by atoms with E-state index in [0.29, 0.717) is 18.8 Å². The number of esters is 1. The van der Waals surface area contributed by atoms with Crippen LogP contribution in [0.1, 0.15) is 47.9 Å². The molecule has 3 rings (SSSR count). The lowest BCUT2D eigenvalue weighted by molar-refractivity contribution is -0.0441. The summed E-state index contributed by atoms with van der Waals surface area (Å²) in [5.74, 6) is -0.575. The summed E-state index contributed by atoms with van der Waals surface area (Å²) < 4.78 is 16.4. The zero-order valence-corrected chi connectivity index (χ0v) is 12.4. The van der Waals surface area contributed by atoms with Crippen molar-refractivity contribution in [2.24, 2.45) is 5.92 Å². The van der Waals surface area contributed by atoms with Gasteiger partial charge in [0.15, 0.2) is 6.29 Å². The summed E-state index contributed by atoms with van der Waals surface area (Å²) in [4.78, 5) is 12.3. The summed E-state index contributed by atoms with van der Waals surface area (Å²) in [6, 6.07) is 9.36. The second-order valence-electron chi connectivity index (χ2n) is 5.66. The molecule has 0 N–H and O–H groups in total. The second-order valence-corrected chi connectivity index (χ2v) is 5.66. The van der Waals surface area contributed by atoms with Crippen LogP contribution in [0.2, 0.25) is 0 Å². The Balaban J connectivity index is 1.69. The van der Waals surface area contributed by atoms with E-state index in [9.17, 15) is 4.79 Å². The summed E-state index contributed by atoms with van der Waals surface area (Å²) in [7, 11) is 0. The largest absolute Gasteiger partial charge is 0.457 e. The van der Waals surface area contributed by atoms with Crippen LogP contribution in [0, 0.1) is 17.2 Å². The highest BCUT2D eigenvalue weighted by Gasteiger charge is 2.29. The van der Waals surface area contributed by atoms with Crippen LogP contribution in [-0.2, 0) is 14.2 Å². The van der Waals surface area contributed by atoms with Gasteiger partial charge in [0, 0.05) is 5.56 Å². The van der Waals surface area contributed by atoms with Crippen molar-refractivity contribution in [2.75, 3.05) is 13.2 Å². The Bertz CT molecular complexity index is 574. The van der Waals surface area contributed by atoms with E-state index in [1.165, 1.54) is 0 Å². The van der Waals surface area contributed by atoms with Gasteiger partial charge in [-0.15, -0.1) is 0 Å². The van der Waals surface area contributed by atoms with Crippen LogP contribution in [-0.4, -0.2) is 25.3 Å². The molecule has 0 bridgehead atoms. The monoisotopic (exact) mass is 301 g/mol. The third kappa shape index (κ3) is 3.29. The van der Waals surface area contributed by atoms with Gasteiger partial charge in [-0.2, -0.15) is 5.26 Å². The Kier molecular flexibility index (Phi) is 4.71. The molecule has 2 fully saturated rings. The molecule has 1 aromatic carbocycles. The first-order valence-corrected chi connectivity index (χ1v) is 7.71. The molecule has 1 saturated carbocycles. The van der Waals surface area contributed by atoms with Gasteiger partial charge >= 0.3 is 5.97 Å². The zero-order valence-electron chi connectivity index (χ0n) is 12.4. The number of hydrogen-bond donors (Lipinski definition) is 0. The van der Waals surface area contributed by atoms with Crippen LogP contribution in [0.25, 0.3) is 0 Å². The number of nitriles is 1. The van der Waals surface area contributed by atoms with E-state index in [2.05, 4.69) is 6.07 Å². The summed E-state index contributed by atoms with van der Waals surface area (Å²) in [5.41, 5.74) is 1.28. The molecule has 1 aromatic rings. The quantitative estimate of drug-likeness (QED) is 0.803. The highest BCUT2D eigenvalue weighted by molar-refractivity contribution is 5.89. The normalized spacial score (nSPS) is 25.6. The van der Waals surface area contributed by atoms with E-state index >= 15 is 0 Å². The summed E-state index contributed by atoms with van der Waals surface area (Å²) in [5, 5.41) is 9.16. The van der Waals surface area contributed by atoms with Crippen LogP contribution in [0.3, 0.4) is 0 Å². The van der Waals surface area contributed by atoms with Gasteiger partial charge in [0.05, 0.1) is 30.8 Å². The van der Waals surface area contributed by atoms with E-state index in [-0.39, 0.29) is 18.0 Å². The average molecular weight is 301 g/mol. The molecule has 2 atom stereocenters. The number of hydrogen-bond acceptors (Lipinski definition) is 5. The molecule has 5 nitrogen and oxygen atoms in total. The van der Waals surface area contributed by atoms with Gasteiger partial charge in [0.25, 0.3) is 0 Å². The van der Waals surface area contributed by atoms with Gasteiger partial charge in [-0.1, -0.05) is 18.6 Å². The van der Waals surface area contributed by atoms with E-state index in [0.717, 1.165) is 31.2 Å². The Labute approximate surface area is 129 Å². The predicted octanol–water partition coefficient (Wildman–Crippen LogP) is 2.97. The Morgan fingerprint density at radius 2 is 2.00 bits per heavy atom. The van der Waals surface area contributed by atoms with E-state index < -0.39 is 6.29 Å². The molecule has 0 radical (unpaired) electrons. The maximum absolute atomic E-state index is 12.3. The average Bonchev–Trinajstić information content (AvgIpc) is 3.10. The minimum Gasteiger partial charge on any atom is -0.457 e. The van der Waals surface area contributed by atoms with Gasteiger partial charge < -0.3 is 14.2 Å². The lowest BCUT2D eigenvalue weighted by Crippen LogP contribution is -2.29. The molecule has 0 unspecified atom stereocenters. The topological polar surface area (TPSA) is 68.5 Å². The lowest BCUT2D eigenvalue weighted by Gasteiger charge is -2.26. The zero-order chi connectivity index (χ0) is 15.4. The molecule has 1 heterocycles. The maximum atomic E-state index is 12.3. The summed E-state index contributed by atoms with van der Waals surface area (Å²) in [6.07, 6.45) is 2.89. The molecule has 1 aliphatic heterocycles. The molecule has 5 heteroatoms. The highest BCUT2D eigenvalue weighted by Crippen LogP contribution is 2.28. The SMILES string of the molecule is N#C[C@H]1CCCC[C@H]1OC(=O)c1cccc(C2OCCO2)c1. The fraction of sp³-hybridized carbons (Fsp3) is 0.529. The Hall–Kier alpha value is -1.90. The molecule has 2 aliphatic rings. The smallest absolute Gasteiger partial charge is 0.338 e. The van der Waals surface area contributed by atoms with Gasteiger partial charge in [-0.25, -0.2) is 4.79 Å². The number of carbonyl (C=O) groups excluding carboxylic acids is 1. The molecule has 0 spiro atoms. The third-order valence-corrected chi connectivity index (χ3v) is 4.14. The van der Waals surface area contributed by atoms with Crippen molar-refractivity contribution in [3.05, 3.63) is 35.4 Å². The van der Waals surface area contributed by atoms with E-state index in [1.54, 1.807) is 18.2 Å². The molecule has 0 amide bonds. The van der Waals surface area contributed by atoms with Crippen molar-refractivity contribution in [3.8, 4) is 6.07 Å².